The molecule has 2 aromatic carbocycles. The fourth-order valence-corrected chi connectivity index (χ4v) is 5.05. The molecule has 0 aliphatic heterocycles. The summed E-state index contributed by atoms with van der Waals surface area (Å²) in [7, 11) is 4.26. The molecule has 30 heavy (non-hydrogen) atoms. The van der Waals surface area contributed by atoms with Gasteiger partial charge in [-0.15, -0.1) is 0 Å². The van der Waals surface area contributed by atoms with Crippen molar-refractivity contribution in [3.05, 3.63) is 81.9 Å². The van der Waals surface area contributed by atoms with E-state index in [1.165, 1.54) is 44.7 Å². The Morgan fingerprint density at radius 1 is 1.00 bits per heavy atom. The Kier molecular flexibility index (Phi) is 10.4. The van der Waals surface area contributed by atoms with Crippen LogP contribution in [0.2, 0.25) is 0 Å². The molecule has 2 nitrogen and oxygen atoms in total. The van der Waals surface area contributed by atoms with Crippen LogP contribution in [-0.2, 0) is 20.7 Å². The summed E-state index contributed by atoms with van der Waals surface area (Å²) in [5.74, 6) is 0. The fraction of sp³-hybridized carbons (Fsp3) is 0.360. The van der Waals surface area contributed by atoms with Crippen LogP contribution in [0.1, 0.15) is 47.2 Å². The van der Waals surface area contributed by atoms with E-state index in [4.69, 9.17) is 0 Å². The van der Waals surface area contributed by atoms with E-state index in [0.717, 1.165) is 13.0 Å². The van der Waals surface area contributed by atoms with E-state index in [2.05, 4.69) is 119 Å². The number of rotatable bonds is 6. The molecule has 0 fully saturated rings. The van der Waals surface area contributed by atoms with E-state index in [9.17, 15) is 0 Å². The van der Waals surface area contributed by atoms with E-state index in [-0.39, 0.29) is 24.8 Å². The standard InChI is InChI=1S/C25H31N2.2ClH.Ti/c1-17-13-18(2)25(19(3)14-17)26-20(4)23-9-7-8-10-24(23)22-12-11-21(15-22)16-27(5)6;;;/h7-11,13-15,20H,12,16H2,1-6H3;2*1H;/q-1;;;+3/p-2. The third-order valence-corrected chi connectivity index (χ3v) is 6.42. The van der Waals surface area contributed by atoms with Gasteiger partial charge in [0.25, 0.3) is 0 Å². The molecule has 0 amide bonds. The van der Waals surface area contributed by atoms with Gasteiger partial charge in [-0.05, 0) is 0 Å². The average molecular weight is 478 g/mol. The number of hydrogen-bond acceptors (Lipinski definition) is 2. The maximum atomic E-state index is 2.44. The summed E-state index contributed by atoms with van der Waals surface area (Å²) >= 11 is 2.23. The van der Waals surface area contributed by atoms with Crippen molar-refractivity contribution < 1.29 is 45.5 Å². The van der Waals surface area contributed by atoms with Gasteiger partial charge in [-0.25, -0.2) is 0 Å². The molecule has 1 aliphatic rings. The number of anilines is 1. The van der Waals surface area contributed by atoms with Crippen molar-refractivity contribution in [2.24, 2.45) is 0 Å². The Morgan fingerprint density at radius 2 is 1.60 bits per heavy atom. The molecule has 1 unspecified atom stereocenters. The van der Waals surface area contributed by atoms with Crippen molar-refractivity contribution in [2.45, 2.75) is 40.2 Å². The molecule has 5 heteroatoms. The van der Waals surface area contributed by atoms with E-state index >= 15 is 0 Å². The molecule has 0 bridgehead atoms. The first-order valence-corrected chi connectivity index (χ1v) is 10.7. The summed E-state index contributed by atoms with van der Waals surface area (Å²) in [6.45, 7) is 9.94. The Bertz CT molecular complexity index is 911. The van der Waals surface area contributed by atoms with Gasteiger partial charge in [-0.1, -0.05) is 0 Å². The SMILES string of the molecule is Cc1cc(C)c([N]([Ti+2])C(C)c2ccccc2C2=CC(CN(C)C)=CC2)c(C)c1.[Cl-].[Cl-]. The van der Waals surface area contributed by atoms with Crippen LogP contribution in [0.3, 0.4) is 0 Å². The fourth-order valence-electron chi connectivity index (χ4n) is 4.28. The van der Waals surface area contributed by atoms with Gasteiger partial charge in [0.05, 0.1) is 0 Å². The van der Waals surface area contributed by atoms with Gasteiger partial charge in [0.1, 0.15) is 0 Å². The molecule has 0 N–H and O–H groups in total. The number of nitrogens with zero attached hydrogens (tertiary/aromatic N) is 2. The average Bonchev–Trinajstić information content (AvgIpc) is 3.07. The van der Waals surface area contributed by atoms with Crippen molar-refractivity contribution in [3.63, 3.8) is 0 Å². The summed E-state index contributed by atoms with van der Waals surface area (Å²) in [4.78, 5) is 2.23. The molecule has 1 aliphatic carbocycles. The van der Waals surface area contributed by atoms with Crippen LogP contribution in [-0.4, -0.2) is 25.5 Å². The number of allylic oxidation sites excluding steroid dienone is 2. The summed E-state index contributed by atoms with van der Waals surface area (Å²) in [6, 6.07) is 13.8. The van der Waals surface area contributed by atoms with Crippen LogP contribution in [0.25, 0.3) is 5.57 Å². The zero-order valence-corrected chi connectivity index (χ0v) is 21.8. The second kappa shape index (κ2) is 11.6. The molecule has 3 rings (SSSR count). The van der Waals surface area contributed by atoms with Gasteiger partial charge in [-0.2, -0.15) is 0 Å². The molecule has 0 spiro atoms. The largest absolute Gasteiger partial charge is 1.00 e. The first kappa shape index (κ1) is 27.0. The Morgan fingerprint density at radius 3 is 2.20 bits per heavy atom. The van der Waals surface area contributed by atoms with Gasteiger partial charge < -0.3 is 24.8 Å². The zero-order valence-electron chi connectivity index (χ0n) is 18.8. The first-order valence-electron chi connectivity index (χ1n) is 10.00. The number of likely N-dealkylation sites (N-methyl/N-ethyl adjacent to an activating group) is 1. The molecule has 0 aromatic heterocycles. The zero-order chi connectivity index (χ0) is 20.4. The Balaban J connectivity index is 0.00000225. The van der Waals surface area contributed by atoms with Crippen LogP contribution in [0.15, 0.2) is 54.1 Å². The minimum Gasteiger partial charge on any atom is -1.00 e. The minimum atomic E-state index is 0. The maximum absolute atomic E-state index is 2.44. The van der Waals surface area contributed by atoms with Gasteiger partial charge in [-0.3, -0.25) is 0 Å². The van der Waals surface area contributed by atoms with Crippen LogP contribution >= 0.6 is 0 Å². The number of hydrogen-bond donors (Lipinski definition) is 0. The predicted molar refractivity (Wildman–Crippen MR) is 117 cm³/mol. The maximum Gasteiger partial charge on any atom is -1.00 e. The van der Waals surface area contributed by atoms with Crippen LogP contribution in [0.4, 0.5) is 5.69 Å². The molecule has 0 saturated carbocycles. The van der Waals surface area contributed by atoms with Crippen LogP contribution < -0.4 is 28.2 Å². The summed E-state index contributed by atoms with van der Waals surface area (Å²) in [5, 5.41) is 0. The Labute approximate surface area is 207 Å². The molecule has 0 saturated heterocycles. The molecule has 159 valence electrons. The second-order valence-corrected chi connectivity index (χ2v) is 9.02. The van der Waals surface area contributed by atoms with Gasteiger partial charge in [0.15, 0.2) is 0 Å². The van der Waals surface area contributed by atoms with Gasteiger partial charge >= 0.3 is 183 Å². The quantitative estimate of drug-likeness (QED) is 0.537. The molecule has 0 radical (unpaired) electrons. The molecule has 0 heterocycles. The Hall–Kier alpha value is -1.03. The summed E-state index contributed by atoms with van der Waals surface area (Å²) in [5.41, 5.74) is 11.0. The van der Waals surface area contributed by atoms with Crippen molar-refractivity contribution in [2.75, 3.05) is 24.0 Å². The normalized spacial score (nSPS) is 13.9. The molecule has 2 aromatic rings. The first-order chi connectivity index (χ1) is 13.3. The van der Waals surface area contributed by atoms with E-state index in [1.54, 1.807) is 0 Å². The monoisotopic (exact) mass is 477 g/mol. The summed E-state index contributed by atoms with van der Waals surface area (Å²) < 4.78 is 2.44. The third kappa shape index (κ3) is 6.02. The van der Waals surface area contributed by atoms with Gasteiger partial charge in [0.2, 0.25) is 0 Å². The topological polar surface area (TPSA) is 6.48 Å². The van der Waals surface area contributed by atoms with Gasteiger partial charge in [0, 0.05) is 0 Å². The van der Waals surface area contributed by atoms with Crippen molar-refractivity contribution >= 4 is 11.3 Å². The predicted octanol–water partition coefficient (Wildman–Crippen LogP) is -0.0756. The minimum absolute atomic E-state index is 0. The van der Waals surface area contributed by atoms with Crippen molar-refractivity contribution in [1.29, 1.82) is 0 Å². The molecular weight excluding hydrogens is 447 g/mol. The molecule has 1 atom stereocenters. The molecular formula is C25H31Cl2N2Ti. The number of benzene rings is 2. The van der Waals surface area contributed by atoms with E-state index in [1.807, 2.05) is 0 Å². The van der Waals surface area contributed by atoms with E-state index in [0.29, 0.717) is 6.04 Å². The van der Waals surface area contributed by atoms with Crippen molar-refractivity contribution in [3.8, 4) is 0 Å². The van der Waals surface area contributed by atoms with E-state index < -0.39 is 0 Å². The summed E-state index contributed by atoms with van der Waals surface area (Å²) in [6.07, 6.45) is 5.78. The smallest absolute Gasteiger partial charge is 1.00 e. The van der Waals surface area contributed by atoms with Crippen LogP contribution in [0.5, 0.6) is 0 Å². The van der Waals surface area contributed by atoms with Crippen molar-refractivity contribution in [1.82, 2.24) is 4.90 Å². The number of aryl methyl sites for hydroxylation is 3. The van der Waals surface area contributed by atoms with Crippen LogP contribution in [0, 0.1) is 20.8 Å². The third-order valence-electron chi connectivity index (χ3n) is 5.46. The number of halogens is 2. The second-order valence-electron chi connectivity index (χ2n) is 8.27.